The second-order valence-corrected chi connectivity index (χ2v) is 4.54. The maximum Gasteiger partial charge on any atom is 0.286 e. The fourth-order valence-corrected chi connectivity index (χ4v) is 1.91. The Morgan fingerprint density at radius 1 is 1.05 bits per heavy atom. The molecule has 116 valence electrons. The number of ether oxygens (including phenoxy) is 1. The van der Waals surface area contributed by atoms with E-state index >= 15 is 0 Å². The summed E-state index contributed by atoms with van der Waals surface area (Å²) in [6, 6.07) is 10.3. The van der Waals surface area contributed by atoms with Crippen molar-refractivity contribution in [3.05, 3.63) is 54.0 Å². The van der Waals surface area contributed by atoms with Gasteiger partial charge >= 0.3 is 0 Å². The fraction of sp³-hybridized carbons (Fsp3) is 0.250. The highest BCUT2D eigenvalue weighted by Gasteiger charge is 2.11. The average molecular weight is 302 g/mol. The molecule has 0 aliphatic carbocycles. The molecule has 0 saturated carbocycles. The Bertz CT molecular complexity index is 623. The molecule has 0 aliphatic heterocycles. The maximum atomic E-state index is 12.0. The van der Waals surface area contributed by atoms with Crippen molar-refractivity contribution >= 4 is 11.8 Å². The number of benzene rings is 1. The van der Waals surface area contributed by atoms with Gasteiger partial charge in [0.2, 0.25) is 0 Å². The number of carbonyl (C=O) groups is 2. The molecule has 2 rings (SSSR count). The number of rotatable bonds is 7. The zero-order chi connectivity index (χ0) is 15.8. The molecule has 1 aromatic heterocycles. The van der Waals surface area contributed by atoms with Gasteiger partial charge in [-0.25, -0.2) is 0 Å². The van der Waals surface area contributed by atoms with Gasteiger partial charge in [-0.1, -0.05) is 12.1 Å². The van der Waals surface area contributed by atoms with Crippen LogP contribution in [0.5, 0.6) is 5.75 Å². The van der Waals surface area contributed by atoms with Gasteiger partial charge in [-0.15, -0.1) is 0 Å². The van der Waals surface area contributed by atoms with Crippen LogP contribution < -0.4 is 15.4 Å². The van der Waals surface area contributed by atoms with E-state index in [1.807, 2.05) is 0 Å². The first-order chi connectivity index (χ1) is 10.7. The number of nitrogens with one attached hydrogen (secondary N) is 2. The normalized spacial score (nSPS) is 10.0. The van der Waals surface area contributed by atoms with E-state index in [-0.39, 0.29) is 17.6 Å². The van der Waals surface area contributed by atoms with Gasteiger partial charge in [-0.3, -0.25) is 9.59 Å². The van der Waals surface area contributed by atoms with Crippen LogP contribution in [0.3, 0.4) is 0 Å². The summed E-state index contributed by atoms with van der Waals surface area (Å²) in [6.45, 7) is 0.904. The molecule has 1 aromatic carbocycles. The highest BCUT2D eigenvalue weighted by atomic mass is 16.5. The topological polar surface area (TPSA) is 80.6 Å². The molecule has 1 heterocycles. The second-order valence-electron chi connectivity index (χ2n) is 4.54. The van der Waals surface area contributed by atoms with Crippen LogP contribution in [0.1, 0.15) is 27.3 Å². The van der Waals surface area contributed by atoms with E-state index in [0.29, 0.717) is 30.8 Å². The van der Waals surface area contributed by atoms with Crippen molar-refractivity contribution in [2.24, 2.45) is 0 Å². The first-order valence-corrected chi connectivity index (χ1v) is 6.95. The minimum atomic E-state index is -0.263. The average Bonchev–Trinajstić information content (AvgIpc) is 3.08. The summed E-state index contributed by atoms with van der Waals surface area (Å²) in [7, 11) is 1.52. The first-order valence-electron chi connectivity index (χ1n) is 6.95. The zero-order valence-electron chi connectivity index (χ0n) is 12.3. The third-order valence-corrected chi connectivity index (χ3v) is 3.02. The molecule has 0 fully saturated rings. The molecule has 0 aliphatic rings. The van der Waals surface area contributed by atoms with Crippen LogP contribution in [-0.4, -0.2) is 32.0 Å². The van der Waals surface area contributed by atoms with Crippen LogP contribution in [0, 0.1) is 0 Å². The molecule has 22 heavy (non-hydrogen) atoms. The first kappa shape index (κ1) is 15.6. The quantitative estimate of drug-likeness (QED) is 0.765. The Hall–Kier alpha value is -2.76. The van der Waals surface area contributed by atoms with Crippen LogP contribution in [0.4, 0.5) is 0 Å². The van der Waals surface area contributed by atoms with Crippen LogP contribution >= 0.6 is 0 Å². The number of amides is 2. The molecule has 2 amide bonds. The van der Waals surface area contributed by atoms with Gasteiger partial charge in [0.1, 0.15) is 5.75 Å². The summed E-state index contributed by atoms with van der Waals surface area (Å²) >= 11 is 0. The number of furan rings is 1. The lowest BCUT2D eigenvalue weighted by atomic mass is 10.2. The summed E-state index contributed by atoms with van der Waals surface area (Å²) in [6.07, 6.45) is 2.07. The molecule has 0 spiro atoms. The molecule has 0 atom stereocenters. The molecule has 0 radical (unpaired) electrons. The molecular weight excluding hydrogens is 284 g/mol. The third-order valence-electron chi connectivity index (χ3n) is 3.02. The van der Waals surface area contributed by atoms with Crippen molar-refractivity contribution in [2.45, 2.75) is 6.42 Å². The highest BCUT2D eigenvalue weighted by molar-refractivity contribution is 5.96. The van der Waals surface area contributed by atoms with E-state index in [1.165, 1.54) is 13.4 Å². The summed E-state index contributed by atoms with van der Waals surface area (Å²) < 4.78 is 10.1. The lowest BCUT2D eigenvalue weighted by Crippen LogP contribution is -2.29. The lowest BCUT2D eigenvalue weighted by molar-refractivity contribution is 0.0925. The van der Waals surface area contributed by atoms with E-state index in [1.54, 1.807) is 36.4 Å². The van der Waals surface area contributed by atoms with E-state index in [9.17, 15) is 9.59 Å². The van der Waals surface area contributed by atoms with Gasteiger partial charge in [-0.2, -0.15) is 0 Å². The fourth-order valence-electron chi connectivity index (χ4n) is 1.91. The minimum absolute atomic E-state index is 0.199. The Balaban J connectivity index is 1.70. The van der Waals surface area contributed by atoms with Crippen LogP contribution in [0.15, 0.2) is 47.1 Å². The van der Waals surface area contributed by atoms with E-state index in [2.05, 4.69) is 10.6 Å². The standard InChI is InChI=1S/C16H18N2O4/c1-21-13-7-3-2-6-12(13)15(19)17-9-5-10-18-16(20)14-8-4-11-22-14/h2-4,6-8,11H,5,9-10H2,1H3,(H,17,19)(H,18,20). The van der Waals surface area contributed by atoms with Crippen LogP contribution in [0.2, 0.25) is 0 Å². The summed E-state index contributed by atoms with van der Waals surface area (Å²) in [5, 5.41) is 5.50. The molecular formula is C16H18N2O4. The van der Waals surface area contributed by atoms with Gasteiger partial charge in [0, 0.05) is 13.1 Å². The molecule has 2 aromatic rings. The predicted molar refractivity (Wildman–Crippen MR) is 81.0 cm³/mol. The van der Waals surface area contributed by atoms with E-state index < -0.39 is 0 Å². The number of hydrogen-bond acceptors (Lipinski definition) is 4. The second kappa shape index (κ2) is 7.87. The predicted octanol–water partition coefficient (Wildman–Crippen LogP) is 1.84. The lowest BCUT2D eigenvalue weighted by Gasteiger charge is -2.09. The van der Waals surface area contributed by atoms with Gasteiger partial charge in [-0.05, 0) is 30.7 Å². The third kappa shape index (κ3) is 4.12. The van der Waals surface area contributed by atoms with Crippen LogP contribution in [-0.2, 0) is 0 Å². The molecule has 6 heteroatoms. The largest absolute Gasteiger partial charge is 0.496 e. The zero-order valence-corrected chi connectivity index (χ0v) is 12.3. The monoisotopic (exact) mass is 302 g/mol. The summed E-state index contributed by atoms with van der Waals surface area (Å²) in [5.74, 6) is 0.347. The van der Waals surface area contributed by atoms with Gasteiger partial charge in [0.05, 0.1) is 18.9 Å². The molecule has 0 bridgehead atoms. The summed E-state index contributed by atoms with van der Waals surface area (Å²) in [4.78, 5) is 23.6. The van der Waals surface area contributed by atoms with Crippen molar-refractivity contribution in [1.82, 2.24) is 10.6 Å². The van der Waals surface area contributed by atoms with Crippen LogP contribution in [0.25, 0.3) is 0 Å². The van der Waals surface area contributed by atoms with Crippen molar-refractivity contribution in [1.29, 1.82) is 0 Å². The van der Waals surface area contributed by atoms with Crippen molar-refractivity contribution in [3.8, 4) is 5.75 Å². The Labute approximate surface area is 128 Å². The Kier molecular flexibility index (Phi) is 5.59. The minimum Gasteiger partial charge on any atom is -0.496 e. The highest BCUT2D eigenvalue weighted by Crippen LogP contribution is 2.16. The Morgan fingerprint density at radius 3 is 2.45 bits per heavy atom. The van der Waals surface area contributed by atoms with Gasteiger partial charge in [0.15, 0.2) is 5.76 Å². The molecule has 6 nitrogen and oxygen atoms in total. The molecule has 0 unspecified atom stereocenters. The number of hydrogen-bond donors (Lipinski definition) is 2. The smallest absolute Gasteiger partial charge is 0.286 e. The van der Waals surface area contributed by atoms with Gasteiger partial charge < -0.3 is 19.8 Å². The summed E-state index contributed by atoms with van der Waals surface area (Å²) in [5.41, 5.74) is 0.490. The van der Waals surface area contributed by atoms with E-state index in [4.69, 9.17) is 9.15 Å². The number of methoxy groups -OCH3 is 1. The van der Waals surface area contributed by atoms with Crippen molar-refractivity contribution in [2.75, 3.05) is 20.2 Å². The maximum absolute atomic E-state index is 12.0. The Morgan fingerprint density at radius 2 is 1.77 bits per heavy atom. The van der Waals surface area contributed by atoms with E-state index in [0.717, 1.165) is 0 Å². The van der Waals surface area contributed by atoms with Crippen molar-refractivity contribution in [3.63, 3.8) is 0 Å². The SMILES string of the molecule is COc1ccccc1C(=O)NCCCNC(=O)c1ccco1. The van der Waals surface area contributed by atoms with Gasteiger partial charge in [0.25, 0.3) is 11.8 Å². The molecule has 2 N–H and O–H groups in total. The number of carbonyl (C=O) groups excluding carboxylic acids is 2. The number of para-hydroxylation sites is 1. The molecule has 0 saturated heterocycles. The van der Waals surface area contributed by atoms with Crippen molar-refractivity contribution < 1.29 is 18.7 Å².